The molecule has 1 unspecified atom stereocenters. The summed E-state index contributed by atoms with van der Waals surface area (Å²) in [7, 11) is 0. The number of piperidine rings is 1. The standard InChI is InChI=1S/C17H20N2O/c1-2-6-16-14(4-1)12-19-11-3-5-15(19)17(20-16)13-7-9-18-10-8-13/h1-6,11,13,17-18H,7-10,12H2. The Morgan fingerprint density at radius 2 is 1.90 bits per heavy atom. The molecule has 20 heavy (non-hydrogen) atoms. The number of nitrogens with zero attached hydrogens (tertiary/aromatic N) is 1. The highest BCUT2D eigenvalue weighted by atomic mass is 16.5. The summed E-state index contributed by atoms with van der Waals surface area (Å²) >= 11 is 0. The van der Waals surface area contributed by atoms with Gasteiger partial charge in [0.2, 0.25) is 0 Å². The van der Waals surface area contributed by atoms with E-state index >= 15 is 0 Å². The van der Waals surface area contributed by atoms with Gasteiger partial charge in [0, 0.05) is 17.7 Å². The molecule has 1 aromatic carbocycles. The molecule has 1 aromatic heterocycles. The lowest BCUT2D eigenvalue weighted by molar-refractivity contribution is 0.109. The molecule has 0 radical (unpaired) electrons. The van der Waals surface area contributed by atoms with Gasteiger partial charge in [0.1, 0.15) is 11.9 Å². The first-order valence-electron chi connectivity index (χ1n) is 7.52. The van der Waals surface area contributed by atoms with E-state index in [0.29, 0.717) is 5.92 Å². The first kappa shape index (κ1) is 12.0. The first-order valence-corrected chi connectivity index (χ1v) is 7.52. The van der Waals surface area contributed by atoms with Crippen molar-refractivity contribution in [2.75, 3.05) is 13.1 Å². The predicted molar refractivity (Wildman–Crippen MR) is 78.9 cm³/mol. The van der Waals surface area contributed by atoms with Crippen LogP contribution in [-0.2, 0) is 6.54 Å². The number of nitrogens with one attached hydrogen (secondary N) is 1. The molecule has 1 fully saturated rings. The highest BCUT2D eigenvalue weighted by Gasteiger charge is 2.31. The molecule has 2 aromatic rings. The molecular weight excluding hydrogens is 248 g/mol. The van der Waals surface area contributed by atoms with Crippen LogP contribution < -0.4 is 10.1 Å². The summed E-state index contributed by atoms with van der Waals surface area (Å²) in [6.07, 6.45) is 4.75. The molecule has 4 rings (SSSR count). The van der Waals surface area contributed by atoms with Crippen molar-refractivity contribution < 1.29 is 4.74 Å². The maximum absolute atomic E-state index is 6.43. The van der Waals surface area contributed by atoms with Crippen molar-refractivity contribution in [2.45, 2.75) is 25.5 Å². The second-order valence-corrected chi connectivity index (χ2v) is 5.79. The lowest BCUT2D eigenvalue weighted by atomic mass is 9.90. The highest BCUT2D eigenvalue weighted by molar-refractivity contribution is 5.36. The van der Waals surface area contributed by atoms with Crippen LogP contribution in [0.3, 0.4) is 0 Å². The maximum atomic E-state index is 6.43. The fourth-order valence-corrected chi connectivity index (χ4v) is 3.44. The van der Waals surface area contributed by atoms with Crippen molar-refractivity contribution in [1.29, 1.82) is 0 Å². The van der Waals surface area contributed by atoms with Crippen LogP contribution in [0.1, 0.15) is 30.2 Å². The molecule has 0 saturated carbocycles. The highest BCUT2D eigenvalue weighted by Crippen LogP contribution is 2.37. The number of para-hydroxylation sites is 1. The Balaban J connectivity index is 1.75. The van der Waals surface area contributed by atoms with Crippen molar-refractivity contribution in [3.63, 3.8) is 0 Å². The summed E-state index contributed by atoms with van der Waals surface area (Å²) in [6, 6.07) is 12.8. The first-order chi connectivity index (χ1) is 9.92. The number of rotatable bonds is 1. The molecule has 1 N–H and O–H groups in total. The summed E-state index contributed by atoms with van der Waals surface area (Å²) in [5.41, 5.74) is 2.61. The Hall–Kier alpha value is -1.74. The van der Waals surface area contributed by atoms with Gasteiger partial charge >= 0.3 is 0 Å². The van der Waals surface area contributed by atoms with Crippen LogP contribution in [-0.4, -0.2) is 17.7 Å². The third-order valence-electron chi connectivity index (χ3n) is 4.54. The number of ether oxygens (including phenoxy) is 1. The van der Waals surface area contributed by atoms with E-state index in [9.17, 15) is 0 Å². The Kier molecular flexibility index (Phi) is 3.00. The van der Waals surface area contributed by atoms with Gasteiger partial charge in [-0.25, -0.2) is 0 Å². The second-order valence-electron chi connectivity index (χ2n) is 5.79. The van der Waals surface area contributed by atoms with E-state index in [1.54, 1.807) is 0 Å². The minimum atomic E-state index is 0.191. The van der Waals surface area contributed by atoms with Gasteiger partial charge in [-0.15, -0.1) is 0 Å². The summed E-state index contributed by atoms with van der Waals surface area (Å²) in [5.74, 6) is 1.66. The minimum absolute atomic E-state index is 0.191. The van der Waals surface area contributed by atoms with Crippen molar-refractivity contribution in [2.24, 2.45) is 5.92 Å². The number of aromatic nitrogens is 1. The maximum Gasteiger partial charge on any atom is 0.141 e. The molecule has 0 aliphatic carbocycles. The lowest BCUT2D eigenvalue weighted by Crippen LogP contribution is -2.33. The Morgan fingerprint density at radius 1 is 1.05 bits per heavy atom. The zero-order valence-electron chi connectivity index (χ0n) is 11.6. The lowest BCUT2D eigenvalue weighted by Gasteiger charge is -2.30. The number of fused-ring (bicyclic) bond motifs is 2. The molecule has 2 aliphatic rings. The minimum Gasteiger partial charge on any atom is -0.484 e. The molecule has 104 valence electrons. The zero-order valence-corrected chi connectivity index (χ0v) is 11.6. The van der Waals surface area contributed by atoms with Gasteiger partial charge in [-0.1, -0.05) is 18.2 Å². The van der Waals surface area contributed by atoms with Crippen molar-refractivity contribution in [3.8, 4) is 5.75 Å². The molecule has 0 bridgehead atoms. The third-order valence-corrected chi connectivity index (χ3v) is 4.54. The fourth-order valence-electron chi connectivity index (χ4n) is 3.44. The van der Waals surface area contributed by atoms with Crippen LogP contribution in [0, 0.1) is 5.92 Å². The van der Waals surface area contributed by atoms with Crippen LogP contribution >= 0.6 is 0 Å². The summed E-state index contributed by atoms with van der Waals surface area (Å²) in [6.45, 7) is 3.12. The van der Waals surface area contributed by atoms with Gasteiger partial charge in [0.25, 0.3) is 0 Å². The SMILES string of the molecule is c1ccc2c(c1)Cn1cccc1C(C1CCNCC1)O2. The van der Waals surface area contributed by atoms with Gasteiger partial charge < -0.3 is 14.6 Å². The van der Waals surface area contributed by atoms with E-state index in [-0.39, 0.29) is 6.10 Å². The molecular formula is C17H20N2O. The van der Waals surface area contributed by atoms with E-state index in [1.165, 1.54) is 24.1 Å². The van der Waals surface area contributed by atoms with Gasteiger partial charge in [-0.3, -0.25) is 0 Å². The van der Waals surface area contributed by atoms with Crippen LogP contribution in [0.2, 0.25) is 0 Å². The average molecular weight is 268 g/mol. The summed E-state index contributed by atoms with van der Waals surface area (Å²) in [5, 5.41) is 3.44. The molecule has 2 aliphatic heterocycles. The molecule has 0 spiro atoms. The van der Waals surface area contributed by atoms with Crippen LogP contribution in [0.15, 0.2) is 42.6 Å². The van der Waals surface area contributed by atoms with Gasteiger partial charge in [0.15, 0.2) is 0 Å². The Labute approximate surface area is 119 Å². The van der Waals surface area contributed by atoms with Gasteiger partial charge in [-0.2, -0.15) is 0 Å². The van der Waals surface area contributed by atoms with Gasteiger partial charge in [0.05, 0.1) is 12.2 Å². The molecule has 3 heteroatoms. The molecule has 3 nitrogen and oxygen atoms in total. The van der Waals surface area contributed by atoms with E-state index in [4.69, 9.17) is 4.74 Å². The Morgan fingerprint density at radius 3 is 2.80 bits per heavy atom. The number of hydrogen-bond acceptors (Lipinski definition) is 2. The van der Waals surface area contributed by atoms with Crippen molar-refractivity contribution in [1.82, 2.24) is 9.88 Å². The smallest absolute Gasteiger partial charge is 0.141 e. The van der Waals surface area contributed by atoms with Gasteiger partial charge in [-0.05, 0) is 44.1 Å². The van der Waals surface area contributed by atoms with Crippen LogP contribution in [0.5, 0.6) is 5.75 Å². The normalized spacial score (nSPS) is 22.5. The van der Waals surface area contributed by atoms with E-state index in [0.717, 1.165) is 25.4 Å². The summed E-state index contributed by atoms with van der Waals surface area (Å²) < 4.78 is 8.78. The second kappa shape index (κ2) is 4.98. The van der Waals surface area contributed by atoms with Crippen molar-refractivity contribution in [3.05, 3.63) is 53.9 Å². The zero-order chi connectivity index (χ0) is 13.4. The molecule has 1 saturated heterocycles. The molecule has 1 atom stereocenters. The number of benzene rings is 1. The van der Waals surface area contributed by atoms with E-state index < -0.39 is 0 Å². The quantitative estimate of drug-likeness (QED) is 0.860. The van der Waals surface area contributed by atoms with E-state index in [2.05, 4.69) is 52.5 Å². The van der Waals surface area contributed by atoms with Crippen LogP contribution in [0.25, 0.3) is 0 Å². The Bertz CT molecular complexity index is 599. The fraction of sp³-hybridized carbons (Fsp3) is 0.412. The monoisotopic (exact) mass is 268 g/mol. The van der Waals surface area contributed by atoms with Crippen LogP contribution in [0.4, 0.5) is 0 Å². The third kappa shape index (κ3) is 2.02. The topological polar surface area (TPSA) is 26.2 Å². The molecule has 0 amide bonds. The van der Waals surface area contributed by atoms with E-state index in [1.807, 2.05) is 0 Å². The van der Waals surface area contributed by atoms with Crippen molar-refractivity contribution >= 4 is 0 Å². The average Bonchev–Trinajstić information content (AvgIpc) is 2.89. The largest absolute Gasteiger partial charge is 0.484 e. The summed E-state index contributed by atoms with van der Waals surface area (Å²) in [4.78, 5) is 0. The molecule has 3 heterocycles. The predicted octanol–water partition coefficient (Wildman–Crippen LogP) is 2.97. The number of hydrogen-bond donors (Lipinski definition) is 1.